The van der Waals surface area contributed by atoms with Gasteiger partial charge in [-0.05, 0) is 36.4 Å². The minimum absolute atomic E-state index is 0.291. The van der Waals surface area contributed by atoms with Gasteiger partial charge in [-0.3, -0.25) is 9.59 Å². The molecule has 0 aliphatic rings. The molecule has 0 spiro atoms. The SMILES string of the molecule is Cn1c(N(C(=O)c2ccccc2)C(=O)c2ccccc2)nc2ccccc21. The standard InChI is InChI=1S/C22H17N3O2/c1-24-19-15-9-8-14-18(19)23-22(24)25(20(26)16-10-4-2-5-11-16)21(27)17-12-6-3-7-13-17/h2-15H,1H3. The van der Waals surface area contributed by atoms with Crippen molar-refractivity contribution >= 4 is 28.8 Å². The van der Waals surface area contributed by atoms with E-state index in [1.807, 2.05) is 36.4 Å². The van der Waals surface area contributed by atoms with Crippen molar-refractivity contribution in [1.29, 1.82) is 0 Å². The van der Waals surface area contributed by atoms with Crippen LogP contribution in [0.2, 0.25) is 0 Å². The highest BCUT2D eigenvalue weighted by Crippen LogP contribution is 2.24. The number of fused-ring (bicyclic) bond motifs is 1. The molecule has 0 aliphatic heterocycles. The van der Waals surface area contributed by atoms with Gasteiger partial charge in [-0.25, -0.2) is 9.88 Å². The Bertz CT molecular complexity index is 1070. The van der Waals surface area contributed by atoms with Crippen molar-refractivity contribution in [3.8, 4) is 0 Å². The first-order chi connectivity index (χ1) is 13.2. The van der Waals surface area contributed by atoms with Gasteiger partial charge in [0.2, 0.25) is 5.95 Å². The molecule has 0 saturated carbocycles. The minimum Gasteiger partial charge on any atom is -0.312 e. The fourth-order valence-corrected chi connectivity index (χ4v) is 3.03. The number of nitrogens with zero attached hydrogens (tertiary/aromatic N) is 3. The summed E-state index contributed by atoms with van der Waals surface area (Å²) in [6.45, 7) is 0. The lowest BCUT2D eigenvalue weighted by molar-refractivity contribution is 0.0894. The molecule has 0 aliphatic carbocycles. The third kappa shape index (κ3) is 3.00. The van der Waals surface area contributed by atoms with Crippen molar-refractivity contribution < 1.29 is 9.59 Å². The first-order valence-corrected chi connectivity index (χ1v) is 8.57. The number of aryl methyl sites for hydroxylation is 1. The fraction of sp³-hybridized carbons (Fsp3) is 0.0455. The number of amides is 2. The topological polar surface area (TPSA) is 55.2 Å². The highest BCUT2D eigenvalue weighted by atomic mass is 16.2. The summed E-state index contributed by atoms with van der Waals surface area (Å²) < 4.78 is 1.76. The summed E-state index contributed by atoms with van der Waals surface area (Å²) in [6, 6.07) is 25.0. The van der Waals surface area contributed by atoms with Crippen molar-refractivity contribution in [1.82, 2.24) is 9.55 Å². The second-order valence-electron chi connectivity index (χ2n) is 6.14. The predicted molar refractivity (Wildman–Crippen MR) is 105 cm³/mol. The number of para-hydroxylation sites is 2. The molecule has 0 unspecified atom stereocenters. The molecule has 0 bridgehead atoms. The fourth-order valence-electron chi connectivity index (χ4n) is 3.03. The lowest BCUT2D eigenvalue weighted by atomic mass is 10.1. The van der Waals surface area contributed by atoms with E-state index < -0.39 is 11.8 Å². The number of benzene rings is 3. The maximum absolute atomic E-state index is 13.2. The molecule has 1 aromatic heterocycles. The molecular formula is C22H17N3O2. The third-order valence-corrected chi connectivity index (χ3v) is 4.41. The number of imidazole rings is 1. The lowest BCUT2D eigenvalue weighted by Crippen LogP contribution is -2.38. The molecule has 1 heterocycles. The number of anilines is 1. The van der Waals surface area contributed by atoms with Gasteiger partial charge in [-0.15, -0.1) is 0 Å². The van der Waals surface area contributed by atoms with Gasteiger partial charge in [-0.2, -0.15) is 0 Å². The number of hydrogen-bond acceptors (Lipinski definition) is 3. The number of hydrogen-bond donors (Lipinski definition) is 0. The number of carbonyl (C=O) groups is 2. The van der Waals surface area contributed by atoms with Gasteiger partial charge in [0.25, 0.3) is 11.8 Å². The predicted octanol–water partition coefficient (Wildman–Crippen LogP) is 4.06. The van der Waals surface area contributed by atoms with Crippen LogP contribution in [0.3, 0.4) is 0 Å². The number of rotatable bonds is 3. The van der Waals surface area contributed by atoms with Crippen molar-refractivity contribution in [3.05, 3.63) is 96.1 Å². The molecule has 132 valence electrons. The first kappa shape index (κ1) is 16.7. The maximum atomic E-state index is 13.2. The van der Waals surface area contributed by atoms with E-state index in [0.29, 0.717) is 17.1 Å². The number of imide groups is 1. The summed E-state index contributed by atoms with van der Waals surface area (Å²) in [6.07, 6.45) is 0. The highest BCUT2D eigenvalue weighted by Gasteiger charge is 2.29. The second kappa shape index (κ2) is 6.88. The Hall–Kier alpha value is -3.73. The normalized spacial score (nSPS) is 10.7. The van der Waals surface area contributed by atoms with Gasteiger partial charge in [0.1, 0.15) is 0 Å². The molecule has 0 N–H and O–H groups in total. The van der Waals surface area contributed by atoms with Gasteiger partial charge in [0, 0.05) is 18.2 Å². The summed E-state index contributed by atoms with van der Waals surface area (Å²) in [5.41, 5.74) is 2.42. The molecule has 4 aromatic rings. The molecule has 5 nitrogen and oxygen atoms in total. The molecule has 27 heavy (non-hydrogen) atoms. The molecule has 2 amide bonds. The van der Waals surface area contributed by atoms with Crippen LogP contribution in [0.1, 0.15) is 20.7 Å². The molecule has 5 heteroatoms. The Morgan fingerprint density at radius 2 is 1.22 bits per heavy atom. The van der Waals surface area contributed by atoms with Gasteiger partial charge in [0.05, 0.1) is 11.0 Å². The summed E-state index contributed by atoms with van der Waals surface area (Å²) in [5.74, 6) is -0.537. The van der Waals surface area contributed by atoms with Gasteiger partial charge in [0.15, 0.2) is 0 Å². The van der Waals surface area contributed by atoms with Crippen LogP contribution >= 0.6 is 0 Å². The van der Waals surface area contributed by atoms with Crippen LogP contribution in [0.4, 0.5) is 5.95 Å². The molecule has 4 rings (SSSR count). The highest BCUT2D eigenvalue weighted by molar-refractivity contribution is 6.25. The van der Waals surface area contributed by atoms with Crippen molar-refractivity contribution in [2.75, 3.05) is 4.90 Å². The maximum Gasteiger partial charge on any atom is 0.267 e. The quantitative estimate of drug-likeness (QED) is 0.521. The zero-order chi connectivity index (χ0) is 18.8. The lowest BCUT2D eigenvalue weighted by Gasteiger charge is -2.20. The molecular weight excluding hydrogens is 338 g/mol. The van der Waals surface area contributed by atoms with E-state index in [2.05, 4.69) is 4.98 Å². The van der Waals surface area contributed by atoms with Crippen LogP contribution < -0.4 is 4.90 Å². The van der Waals surface area contributed by atoms with Crippen molar-refractivity contribution in [3.63, 3.8) is 0 Å². The minimum atomic E-state index is -0.414. The second-order valence-corrected chi connectivity index (χ2v) is 6.14. The zero-order valence-corrected chi connectivity index (χ0v) is 14.7. The van der Waals surface area contributed by atoms with E-state index >= 15 is 0 Å². The molecule has 0 atom stereocenters. The smallest absolute Gasteiger partial charge is 0.267 e. The van der Waals surface area contributed by atoms with Crippen LogP contribution in [-0.2, 0) is 7.05 Å². The summed E-state index contributed by atoms with van der Waals surface area (Å²) in [5, 5.41) is 0. The van der Waals surface area contributed by atoms with E-state index in [0.717, 1.165) is 15.9 Å². The Morgan fingerprint density at radius 1 is 0.741 bits per heavy atom. The average Bonchev–Trinajstić information content (AvgIpc) is 3.06. The Balaban J connectivity index is 1.89. The zero-order valence-electron chi connectivity index (χ0n) is 14.7. The molecule has 0 fully saturated rings. The van der Waals surface area contributed by atoms with E-state index in [-0.39, 0.29) is 0 Å². The van der Waals surface area contributed by atoms with Crippen LogP contribution in [0.15, 0.2) is 84.9 Å². The van der Waals surface area contributed by atoms with Crippen molar-refractivity contribution in [2.45, 2.75) is 0 Å². The van der Waals surface area contributed by atoms with Gasteiger partial charge >= 0.3 is 0 Å². The van der Waals surface area contributed by atoms with Crippen LogP contribution in [0, 0.1) is 0 Å². The van der Waals surface area contributed by atoms with Crippen LogP contribution in [0.25, 0.3) is 11.0 Å². The summed E-state index contributed by atoms with van der Waals surface area (Å²) in [4.78, 5) is 32.2. The Labute approximate surface area is 156 Å². The Kier molecular flexibility index (Phi) is 4.26. The monoisotopic (exact) mass is 355 g/mol. The van der Waals surface area contributed by atoms with E-state index in [1.54, 1.807) is 60.1 Å². The van der Waals surface area contributed by atoms with E-state index in [4.69, 9.17) is 0 Å². The van der Waals surface area contributed by atoms with Crippen molar-refractivity contribution in [2.24, 2.45) is 7.05 Å². The first-order valence-electron chi connectivity index (χ1n) is 8.57. The van der Waals surface area contributed by atoms with E-state index in [1.165, 1.54) is 0 Å². The summed E-state index contributed by atoms with van der Waals surface area (Å²) >= 11 is 0. The molecule has 0 radical (unpaired) electrons. The number of aromatic nitrogens is 2. The largest absolute Gasteiger partial charge is 0.312 e. The van der Waals surface area contributed by atoms with Gasteiger partial charge < -0.3 is 4.57 Å². The Morgan fingerprint density at radius 3 is 1.74 bits per heavy atom. The van der Waals surface area contributed by atoms with Crippen LogP contribution in [0.5, 0.6) is 0 Å². The van der Waals surface area contributed by atoms with Crippen LogP contribution in [-0.4, -0.2) is 21.4 Å². The van der Waals surface area contributed by atoms with E-state index in [9.17, 15) is 9.59 Å². The molecule has 0 saturated heterocycles. The number of carbonyl (C=O) groups excluding carboxylic acids is 2. The molecule has 3 aromatic carbocycles. The van der Waals surface area contributed by atoms with Gasteiger partial charge in [-0.1, -0.05) is 48.5 Å². The average molecular weight is 355 g/mol. The summed E-state index contributed by atoms with van der Waals surface area (Å²) in [7, 11) is 1.80. The third-order valence-electron chi connectivity index (χ3n) is 4.41.